The van der Waals surface area contributed by atoms with Crippen molar-refractivity contribution in [1.82, 2.24) is 14.9 Å². The van der Waals surface area contributed by atoms with Gasteiger partial charge in [0, 0.05) is 18.8 Å². The van der Waals surface area contributed by atoms with Crippen molar-refractivity contribution in [3.8, 4) is 12.1 Å². The minimum absolute atomic E-state index is 0.194. The molecule has 0 fully saturated rings. The number of rotatable bonds is 5. The molecule has 0 radical (unpaired) electrons. The molecule has 0 aliphatic heterocycles. The summed E-state index contributed by atoms with van der Waals surface area (Å²) >= 11 is 0. The lowest BCUT2D eigenvalue weighted by atomic mass is 10.4. The molecule has 88 valence electrons. The van der Waals surface area contributed by atoms with Gasteiger partial charge >= 0.3 is 0 Å². The van der Waals surface area contributed by atoms with Gasteiger partial charge < -0.3 is 5.32 Å². The van der Waals surface area contributed by atoms with E-state index in [9.17, 15) is 0 Å². The van der Waals surface area contributed by atoms with Crippen molar-refractivity contribution in [1.29, 1.82) is 10.5 Å². The van der Waals surface area contributed by atoms with E-state index in [4.69, 9.17) is 10.5 Å². The zero-order chi connectivity index (χ0) is 12.7. The van der Waals surface area contributed by atoms with Crippen LogP contribution in [0, 0.1) is 29.6 Å². The van der Waals surface area contributed by atoms with E-state index in [-0.39, 0.29) is 13.1 Å². The fourth-order valence-corrected chi connectivity index (χ4v) is 1.40. The summed E-state index contributed by atoms with van der Waals surface area (Å²) < 4.78 is 0. The molecule has 0 saturated carbocycles. The summed E-state index contributed by atoms with van der Waals surface area (Å²) in [5.41, 5.74) is 0.855. The summed E-state index contributed by atoms with van der Waals surface area (Å²) in [6.07, 6.45) is 0. The molecule has 1 rings (SSSR count). The molecular weight excluding hydrogens is 216 g/mol. The number of nitriles is 2. The van der Waals surface area contributed by atoms with E-state index in [1.807, 2.05) is 25.1 Å². The molecule has 0 aliphatic rings. The van der Waals surface area contributed by atoms with Crippen LogP contribution in [0.25, 0.3) is 0 Å². The molecule has 0 saturated heterocycles. The Morgan fingerprint density at radius 3 is 2.47 bits per heavy atom. The number of aromatic nitrogens is 2. The van der Waals surface area contributed by atoms with Gasteiger partial charge in [-0.2, -0.15) is 10.5 Å². The molecule has 1 heterocycles. The average molecular weight is 230 g/mol. The number of hydrogen-bond donors (Lipinski definition) is 1. The summed E-state index contributed by atoms with van der Waals surface area (Å²) in [5, 5.41) is 20.2. The molecule has 6 heteroatoms. The monoisotopic (exact) mass is 230 g/mol. The lowest BCUT2D eigenvalue weighted by Gasteiger charge is -2.14. The van der Waals surface area contributed by atoms with E-state index < -0.39 is 0 Å². The first-order valence-electron chi connectivity index (χ1n) is 5.18. The predicted molar refractivity (Wildman–Crippen MR) is 62.8 cm³/mol. The van der Waals surface area contributed by atoms with Gasteiger partial charge in [0.05, 0.1) is 31.8 Å². The normalized spacial score (nSPS) is 9.71. The van der Waals surface area contributed by atoms with Crippen LogP contribution in [-0.4, -0.2) is 35.0 Å². The summed E-state index contributed by atoms with van der Waals surface area (Å²) in [6, 6.07) is 5.88. The Morgan fingerprint density at radius 1 is 1.29 bits per heavy atom. The highest BCUT2D eigenvalue weighted by Crippen LogP contribution is 2.07. The van der Waals surface area contributed by atoms with Crippen LogP contribution in [0.4, 0.5) is 5.82 Å². The first-order chi connectivity index (χ1) is 8.19. The quantitative estimate of drug-likeness (QED) is 0.748. The van der Waals surface area contributed by atoms with Crippen LogP contribution >= 0.6 is 0 Å². The Bertz CT molecular complexity index is 440. The molecule has 0 aliphatic carbocycles. The van der Waals surface area contributed by atoms with Crippen molar-refractivity contribution >= 4 is 5.82 Å². The van der Waals surface area contributed by atoms with Gasteiger partial charge in [0.1, 0.15) is 11.6 Å². The van der Waals surface area contributed by atoms with Gasteiger partial charge in [-0.3, -0.25) is 4.90 Å². The van der Waals surface area contributed by atoms with Crippen LogP contribution in [-0.2, 0) is 6.54 Å². The number of hydrogen-bond acceptors (Lipinski definition) is 6. The van der Waals surface area contributed by atoms with E-state index in [1.54, 1.807) is 11.9 Å². The highest BCUT2D eigenvalue weighted by molar-refractivity contribution is 5.34. The van der Waals surface area contributed by atoms with Crippen molar-refractivity contribution in [3.63, 3.8) is 0 Å². The van der Waals surface area contributed by atoms with Crippen molar-refractivity contribution < 1.29 is 0 Å². The van der Waals surface area contributed by atoms with Gasteiger partial charge in [-0.15, -0.1) is 0 Å². The van der Waals surface area contributed by atoms with Gasteiger partial charge in [0.15, 0.2) is 0 Å². The molecule has 1 aromatic rings. The molecule has 1 N–H and O–H groups in total. The second-order valence-electron chi connectivity index (χ2n) is 3.52. The van der Waals surface area contributed by atoms with Crippen molar-refractivity contribution in [2.75, 3.05) is 25.5 Å². The van der Waals surface area contributed by atoms with E-state index in [2.05, 4.69) is 15.3 Å². The molecule has 0 unspecified atom stereocenters. The van der Waals surface area contributed by atoms with Crippen LogP contribution in [0.5, 0.6) is 0 Å². The maximum atomic E-state index is 8.64. The maximum absolute atomic E-state index is 8.64. The highest BCUT2D eigenvalue weighted by Gasteiger charge is 2.08. The van der Waals surface area contributed by atoms with E-state index in [0.717, 1.165) is 11.5 Å². The molecule has 1 aromatic heterocycles. The summed E-state index contributed by atoms with van der Waals surface area (Å²) in [5.74, 6) is 1.35. The lowest BCUT2D eigenvalue weighted by Crippen LogP contribution is -2.25. The first kappa shape index (κ1) is 12.9. The molecule has 17 heavy (non-hydrogen) atoms. The summed E-state index contributed by atoms with van der Waals surface area (Å²) in [6.45, 7) is 2.67. The fraction of sp³-hybridized carbons (Fsp3) is 0.455. The summed E-state index contributed by atoms with van der Waals surface area (Å²) in [7, 11) is 1.79. The van der Waals surface area contributed by atoms with Crippen molar-refractivity contribution in [2.45, 2.75) is 13.5 Å². The molecule has 0 aromatic carbocycles. The van der Waals surface area contributed by atoms with E-state index in [1.165, 1.54) is 0 Å². The Labute approximate surface area is 101 Å². The number of nitrogens with one attached hydrogen (secondary N) is 1. The Kier molecular flexibility index (Phi) is 4.86. The van der Waals surface area contributed by atoms with Gasteiger partial charge in [0.25, 0.3) is 0 Å². The third-order valence-electron chi connectivity index (χ3n) is 2.11. The third kappa shape index (κ3) is 4.06. The average Bonchev–Trinajstić information content (AvgIpc) is 2.29. The van der Waals surface area contributed by atoms with Crippen LogP contribution in [0.3, 0.4) is 0 Å². The van der Waals surface area contributed by atoms with Gasteiger partial charge in [-0.05, 0) is 6.92 Å². The smallest absolute Gasteiger partial charge is 0.145 e. The van der Waals surface area contributed by atoms with Crippen molar-refractivity contribution in [3.05, 3.63) is 17.6 Å². The van der Waals surface area contributed by atoms with Gasteiger partial charge in [-0.1, -0.05) is 0 Å². The Balaban J connectivity index is 2.82. The molecule has 0 spiro atoms. The number of nitrogens with zero attached hydrogens (tertiary/aromatic N) is 5. The molecule has 0 bridgehead atoms. The first-order valence-corrected chi connectivity index (χ1v) is 5.18. The maximum Gasteiger partial charge on any atom is 0.145 e. The molecule has 0 amide bonds. The van der Waals surface area contributed by atoms with Crippen LogP contribution in [0.1, 0.15) is 11.5 Å². The standard InChI is InChI=1S/C11H14N6/c1-9-7-10(14-2)16-11(15-9)8-17(5-3-12)6-4-13/h7H,5-6,8H2,1-2H3,(H,14,15,16). The van der Waals surface area contributed by atoms with Crippen LogP contribution < -0.4 is 5.32 Å². The number of anilines is 1. The van der Waals surface area contributed by atoms with E-state index in [0.29, 0.717) is 12.4 Å². The Hall–Kier alpha value is -2.18. The van der Waals surface area contributed by atoms with Crippen LogP contribution in [0.2, 0.25) is 0 Å². The highest BCUT2D eigenvalue weighted by atomic mass is 15.1. The fourth-order valence-electron chi connectivity index (χ4n) is 1.40. The van der Waals surface area contributed by atoms with E-state index >= 15 is 0 Å². The SMILES string of the molecule is CNc1cc(C)nc(CN(CC#N)CC#N)n1. The van der Waals surface area contributed by atoms with Crippen LogP contribution in [0.15, 0.2) is 6.07 Å². The molecule has 6 nitrogen and oxygen atoms in total. The van der Waals surface area contributed by atoms with Crippen molar-refractivity contribution in [2.24, 2.45) is 0 Å². The topological polar surface area (TPSA) is 88.6 Å². The minimum Gasteiger partial charge on any atom is -0.373 e. The number of aryl methyl sites for hydroxylation is 1. The molecular formula is C11H14N6. The zero-order valence-corrected chi connectivity index (χ0v) is 9.93. The Morgan fingerprint density at radius 2 is 1.94 bits per heavy atom. The largest absolute Gasteiger partial charge is 0.373 e. The minimum atomic E-state index is 0.194. The molecule has 0 atom stereocenters. The predicted octanol–water partition coefficient (Wildman–Crippen LogP) is 0.676. The zero-order valence-electron chi connectivity index (χ0n) is 9.93. The second kappa shape index (κ2) is 6.41. The lowest BCUT2D eigenvalue weighted by molar-refractivity contribution is 0.325. The second-order valence-corrected chi connectivity index (χ2v) is 3.52. The van der Waals surface area contributed by atoms with Gasteiger partial charge in [-0.25, -0.2) is 9.97 Å². The third-order valence-corrected chi connectivity index (χ3v) is 2.11. The summed E-state index contributed by atoms with van der Waals surface area (Å²) in [4.78, 5) is 10.2. The van der Waals surface area contributed by atoms with Gasteiger partial charge in [0.2, 0.25) is 0 Å².